The summed E-state index contributed by atoms with van der Waals surface area (Å²) in [5.41, 5.74) is 7.60. The summed E-state index contributed by atoms with van der Waals surface area (Å²) < 4.78 is 51.1. The number of halogens is 3. The Bertz CT molecular complexity index is 1500. The highest BCUT2D eigenvalue weighted by atomic mass is 19.4. The smallest absolute Gasteiger partial charge is 0.433 e. The van der Waals surface area contributed by atoms with Gasteiger partial charge in [0.25, 0.3) is 5.91 Å². The van der Waals surface area contributed by atoms with Gasteiger partial charge in [0.05, 0.1) is 13.2 Å². The summed E-state index contributed by atoms with van der Waals surface area (Å²) in [6.07, 6.45) is -3.77. The van der Waals surface area contributed by atoms with Crippen molar-refractivity contribution < 1.29 is 27.1 Å². The highest BCUT2D eigenvalue weighted by Crippen LogP contribution is 2.37. The first-order chi connectivity index (χ1) is 18.2. The van der Waals surface area contributed by atoms with Crippen LogP contribution < -0.4 is 21.1 Å². The van der Waals surface area contributed by atoms with Crippen LogP contribution in [0.3, 0.4) is 0 Å². The molecule has 3 heterocycles. The number of fused-ring (bicyclic) bond motifs is 2. The lowest BCUT2D eigenvalue weighted by Gasteiger charge is -2.26. The Morgan fingerprint density at radius 1 is 1.21 bits per heavy atom. The lowest BCUT2D eigenvalue weighted by atomic mass is 9.91. The van der Waals surface area contributed by atoms with E-state index >= 15 is 0 Å². The van der Waals surface area contributed by atoms with E-state index in [1.54, 1.807) is 13.0 Å². The summed E-state index contributed by atoms with van der Waals surface area (Å²) in [5.74, 6) is 0.0598. The summed E-state index contributed by atoms with van der Waals surface area (Å²) in [7, 11) is 1.35. The lowest BCUT2D eigenvalue weighted by molar-refractivity contribution is -0.140. The van der Waals surface area contributed by atoms with Gasteiger partial charge in [-0.25, -0.2) is 9.97 Å². The van der Waals surface area contributed by atoms with E-state index in [9.17, 15) is 18.0 Å². The molecule has 0 radical (unpaired) electrons. The van der Waals surface area contributed by atoms with Gasteiger partial charge in [-0.1, -0.05) is 18.2 Å². The maximum Gasteiger partial charge on any atom is 0.433 e. The van der Waals surface area contributed by atoms with Crippen LogP contribution in [0.2, 0.25) is 0 Å². The minimum absolute atomic E-state index is 0.00375. The van der Waals surface area contributed by atoms with Gasteiger partial charge in [0.2, 0.25) is 5.89 Å². The van der Waals surface area contributed by atoms with Crippen LogP contribution in [0.25, 0.3) is 22.4 Å². The van der Waals surface area contributed by atoms with E-state index in [4.69, 9.17) is 14.9 Å². The summed E-state index contributed by atoms with van der Waals surface area (Å²) in [5, 5.41) is 6.63. The van der Waals surface area contributed by atoms with Crippen LogP contribution in [0.1, 0.15) is 52.8 Å². The second kappa shape index (κ2) is 9.97. The number of benzene rings is 2. The van der Waals surface area contributed by atoms with Crippen LogP contribution in [0.5, 0.6) is 5.75 Å². The Morgan fingerprint density at radius 3 is 2.74 bits per heavy atom. The first-order valence-corrected chi connectivity index (χ1v) is 12.1. The van der Waals surface area contributed by atoms with Crippen molar-refractivity contribution in [1.82, 2.24) is 15.3 Å². The van der Waals surface area contributed by atoms with E-state index in [1.807, 2.05) is 24.3 Å². The number of carbonyl (C=O) groups is 1. The third kappa shape index (κ3) is 4.76. The fourth-order valence-corrected chi connectivity index (χ4v) is 4.68. The Balaban J connectivity index is 1.48. The van der Waals surface area contributed by atoms with Crippen molar-refractivity contribution in [2.75, 3.05) is 25.5 Å². The minimum Gasteiger partial charge on any atom is -0.494 e. The molecule has 0 bridgehead atoms. The number of hydrogen-bond acceptors (Lipinski definition) is 7. The molecule has 0 saturated heterocycles. The second-order valence-electron chi connectivity index (χ2n) is 9.14. The van der Waals surface area contributed by atoms with Gasteiger partial charge in [-0.15, -0.1) is 0 Å². The molecule has 4 N–H and O–H groups in total. The topological polar surface area (TPSA) is 115 Å². The maximum atomic E-state index is 13.3. The van der Waals surface area contributed by atoms with Crippen molar-refractivity contribution in [1.29, 1.82) is 0 Å². The van der Waals surface area contributed by atoms with Crippen molar-refractivity contribution in [2.45, 2.75) is 31.5 Å². The zero-order valence-corrected chi connectivity index (χ0v) is 20.7. The molecule has 0 spiro atoms. The van der Waals surface area contributed by atoms with Gasteiger partial charge < -0.3 is 25.5 Å². The van der Waals surface area contributed by atoms with Gasteiger partial charge in [-0.2, -0.15) is 13.2 Å². The maximum absolute atomic E-state index is 13.3. The number of nitrogens with one attached hydrogen (secondary N) is 2. The molecule has 2 atom stereocenters. The Kier molecular flexibility index (Phi) is 6.70. The van der Waals surface area contributed by atoms with Gasteiger partial charge in [0.1, 0.15) is 17.0 Å². The molecule has 1 aliphatic rings. The number of methoxy groups -OCH3 is 1. The molecule has 11 heteroatoms. The number of anilines is 1. The van der Waals surface area contributed by atoms with Crippen LogP contribution in [0, 0.1) is 0 Å². The molecule has 198 valence electrons. The molecular formula is C27H26F3N5O3. The van der Waals surface area contributed by atoms with Crippen LogP contribution in [0.15, 0.2) is 52.9 Å². The number of nitrogens with zero attached hydrogens (tertiary/aromatic N) is 2. The zero-order valence-electron chi connectivity index (χ0n) is 20.7. The molecule has 0 fully saturated rings. The van der Waals surface area contributed by atoms with Crippen molar-refractivity contribution in [3.8, 4) is 17.2 Å². The molecular weight excluding hydrogens is 499 g/mol. The number of rotatable bonds is 6. The molecule has 4 aromatic rings. The number of aromatic nitrogens is 2. The molecule has 2 aromatic carbocycles. The van der Waals surface area contributed by atoms with E-state index in [1.165, 1.54) is 19.2 Å². The fourth-order valence-electron chi connectivity index (χ4n) is 4.68. The number of ether oxygens (including phenoxy) is 1. The van der Waals surface area contributed by atoms with Gasteiger partial charge in [0, 0.05) is 35.6 Å². The third-order valence-corrected chi connectivity index (χ3v) is 6.56. The van der Waals surface area contributed by atoms with Crippen LogP contribution >= 0.6 is 0 Å². The first-order valence-electron chi connectivity index (χ1n) is 12.1. The number of alkyl halides is 3. The van der Waals surface area contributed by atoms with Gasteiger partial charge in [-0.3, -0.25) is 4.79 Å². The molecule has 38 heavy (non-hydrogen) atoms. The molecule has 5 rings (SSSR count). The number of amides is 1. The van der Waals surface area contributed by atoms with Crippen LogP contribution in [-0.4, -0.2) is 36.1 Å². The number of pyridine rings is 1. The Labute approximate surface area is 216 Å². The summed E-state index contributed by atoms with van der Waals surface area (Å²) in [6.45, 7) is 2.85. The number of carbonyl (C=O) groups excluding carboxylic acids is 1. The van der Waals surface area contributed by atoms with Crippen molar-refractivity contribution in [2.24, 2.45) is 5.73 Å². The SMILES string of the molecule is COc1ccc(-c2nc(C(=O)NCC3CCNc4ccccc43)c([C@H](C)N)o2)c2ccc(C(F)(F)F)nc12. The van der Waals surface area contributed by atoms with Crippen molar-refractivity contribution in [3.63, 3.8) is 0 Å². The number of para-hydroxylation sites is 1. The van der Waals surface area contributed by atoms with Crippen LogP contribution in [-0.2, 0) is 6.18 Å². The second-order valence-corrected chi connectivity index (χ2v) is 9.14. The van der Waals surface area contributed by atoms with E-state index in [0.29, 0.717) is 17.5 Å². The van der Waals surface area contributed by atoms with E-state index in [0.717, 1.165) is 30.3 Å². The summed E-state index contributed by atoms with van der Waals surface area (Å²) in [6, 6.07) is 12.6. The number of oxazole rings is 1. The monoisotopic (exact) mass is 525 g/mol. The van der Waals surface area contributed by atoms with Crippen LogP contribution in [0.4, 0.5) is 18.9 Å². The van der Waals surface area contributed by atoms with E-state index in [2.05, 4.69) is 20.6 Å². The fraction of sp³-hybridized carbons (Fsp3) is 0.296. The largest absolute Gasteiger partial charge is 0.494 e. The predicted molar refractivity (Wildman–Crippen MR) is 136 cm³/mol. The molecule has 1 unspecified atom stereocenters. The quantitative estimate of drug-likeness (QED) is 0.314. The Morgan fingerprint density at radius 2 is 2.00 bits per heavy atom. The summed E-state index contributed by atoms with van der Waals surface area (Å²) >= 11 is 0. The lowest BCUT2D eigenvalue weighted by Crippen LogP contribution is -2.32. The highest BCUT2D eigenvalue weighted by molar-refractivity contribution is 5.98. The summed E-state index contributed by atoms with van der Waals surface area (Å²) in [4.78, 5) is 21.4. The number of nitrogens with two attached hydrogens (primary N) is 1. The molecule has 1 amide bonds. The van der Waals surface area contributed by atoms with Gasteiger partial charge >= 0.3 is 6.18 Å². The van der Waals surface area contributed by atoms with E-state index < -0.39 is 23.8 Å². The van der Waals surface area contributed by atoms with Crippen molar-refractivity contribution in [3.05, 3.63) is 71.2 Å². The highest BCUT2D eigenvalue weighted by Gasteiger charge is 2.33. The molecule has 2 aromatic heterocycles. The zero-order chi connectivity index (χ0) is 27.0. The first kappa shape index (κ1) is 25.5. The molecule has 8 nitrogen and oxygen atoms in total. The van der Waals surface area contributed by atoms with E-state index in [-0.39, 0.29) is 34.5 Å². The average molecular weight is 526 g/mol. The molecule has 0 saturated carbocycles. The number of hydrogen-bond donors (Lipinski definition) is 3. The standard InChI is InChI=1S/C27H26F3N5O3/c1-14(31)24-23(25(36)33-13-15-11-12-32-19-6-4-3-5-16(15)19)35-26(38-24)18-7-9-20(37-2)22-17(18)8-10-21(34-22)27(28,29)30/h3-10,14-15,32H,11-13,31H2,1-2H3,(H,33,36)/t14-,15?/m0/s1. The average Bonchev–Trinajstić information content (AvgIpc) is 3.36. The third-order valence-electron chi connectivity index (χ3n) is 6.56. The normalized spacial score (nSPS) is 16.0. The van der Waals surface area contributed by atoms with Gasteiger partial charge in [-0.05, 0) is 49.2 Å². The predicted octanol–water partition coefficient (Wildman–Crippen LogP) is 5.27. The molecule has 0 aliphatic carbocycles. The minimum atomic E-state index is -4.62. The van der Waals surface area contributed by atoms with Gasteiger partial charge in [0.15, 0.2) is 11.5 Å². The Hall–Kier alpha value is -4.12. The van der Waals surface area contributed by atoms with Crippen molar-refractivity contribution >= 4 is 22.5 Å². The molecule has 1 aliphatic heterocycles.